The van der Waals surface area contributed by atoms with E-state index in [9.17, 15) is 27.2 Å². The Morgan fingerprint density at radius 3 is 2.32 bits per heavy atom. The molecule has 0 spiro atoms. The van der Waals surface area contributed by atoms with Gasteiger partial charge in [-0.2, -0.15) is 13.2 Å². The van der Waals surface area contributed by atoms with E-state index < -0.39 is 34.1 Å². The topological polar surface area (TPSA) is 60.3 Å². The van der Waals surface area contributed by atoms with E-state index in [2.05, 4.69) is 5.32 Å². The molecule has 13 heteroatoms. The fourth-order valence-corrected chi connectivity index (χ4v) is 3.35. The van der Waals surface area contributed by atoms with Gasteiger partial charge in [-0.3, -0.25) is 9.59 Å². The van der Waals surface area contributed by atoms with Crippen molar-refractivity contribution < 1.29 is 27.1 Å². The highest BCUT2D eigenvalue weighted by Crippen LogP contribution is 2.37. The van der Waals surface area contributed by atoms with Gasteiger partial charge in [0.15, 0.2) is 0 Å². The number of halogens is 5. The fourth-order valence-electron chi connectivity index (χ4n) is 3.15. The molecule has 5 nitrogen and oxygen atoms in total. The third-order valence-electron chi connectivity index (χ3n) is 4.91. The minimum Gasteiger partial charge on any atom is -0.456 e. The van der Waals surface area contributed by atoms with Crippen molar-refractivity contribution in [1.82, 2.24) is 4.57 Å². The number of benzene rings is 2. The molecule has 0 unspecified atom stereocenters. The summed E-state index contributed by atoms with van der Waals surface area (Å²) < 4.78 is 60.9. The zero-order valence-corrected chi connectivity index (χ0v) is 19.2. The van der Waals surface area contributed by atoms with Crippen LogP contribution in [-0.2, 0) is 17.3 Å². The van der Waals surface area contributed by atoms with Gasteiger partial charge in [0.05, 0.1) is 34.7 Å². The number of aromatic nitrogens is 1. The van der Waals surface area contributed by atoms with Gasteiger partial charge in [-0.15, -0.1) is 11.6 Å². The molecule has 2 aromatic carbocycles. The van der Waals surface area contributed by atoms with Gasteiger partial charge >= 0.3 is 6.18 Å². The summed E-state index contributed by atoms with van der Waals surface area (Å²) in [6, 6.07) is 8.54. The molecule has 0 fully saturated rings. The average Bonchev–Trinajstić information content (AvgIpc) is 2.73. The first kappa shape index (κ1) is 25.5. The molecule has 1 heterocycles. The van der Waals surface area contributed by atoms with Crippen LogP contribution in [-0.4, -0.2) is 34.0 Å². The number of carbonyl (C=O) groups excluding carboxylic acids is 1. The van der Waals surface area contributed by atoms with Crippen molar-refractivity contribution in [3.63, 3.8) is 0 Å². The molecule has 0 saturated carbocycles. The molecule has 0 saturated heterocycles. The van der Waals surface area contributed by atoms with E-state index in [-0.39, 0.29) is 28.8 Å². The zero-order valence-electron chi connectivity index (χ0n) is 18.5. The maximum Gasteiger partial charge on any atom is 0.416 e. The van der Waals surface area contributed by atoms with E-state index in [0.29, 0.717) is 11.6 Å². The van der Waals surface area contributed by atoms with Gasteiger partial charge in [-0.1, -0.05) is 5.11 Å². The minimum atomic E-state index is -4.69. The largest absolute Gasteiger partial charge is 0.456 e. The number of pyridine rings is 1. The molecule has 3 rings (SSSR count). The number of carbonyl (C=O) groups is 1. The van der Waals surface area contributed by atoms with Gasteiger partial charge in [0, 0.05) is 18.0 Å². The average molecular weight is 490 g/mol. The summed E-state index contributed by atoms with van der Waals surface area (Å²) in [5, 5.41) is 1.87. The second kappa shape index (κ2) is 9.62. The van der Waals surface area contributed by atoms with E-state index in [4.69, 9.17) is 16.3 Å². The van der Waals surface area contributed by atoms with Gasteiger partial charge in [0.25, 0.3) is 11.5 Å². The van der Waals surface area contributed by atoms with Crippen LogP contribution in [0.1, 0.15) is 21.5 Å². The second-order valence-electron chi connectivity index (χ2n) is 8.50. The number of hydrogen-bond acceptors (Lipinski definition) is 3. The third kappa shape index (κ3) is 5.86. The lowest BCUT2D eigenvalue weighted by Gasteiger charge is -2.23. The summed E-state index contributed by atoms with van der Waals surface area (Å²) in [6.45, 7) is 0. The summed E-state index contributed by atoms with van der Waals surface area (Å²) >= 11 is 5.63. The molecule has 0 aliphatic rings. The van der Waals surface area contributed by atoms with Gasteiger partial charge in [0.2, 0.25) is 0 Å². The van der Waals surface area contributed by atoms with E-state index in [1.54, 1.807) is 23.5 Å². The number of amides is 1. The van der Waals surface area contributed by atoms with E-state index in [1.165, 1.54) is 29.0 Å². The van der Waals surface area contributed by atoms with Crippen LogP contribution >= 0.6 is 11.6 Å². The van der Waals surface area contributed by atoms with Crippen LogP contribution in [0.2, 0.25) is 0 Å². The Balaban J connectivity index is 2.05. The third-order valence-corrected chi connectivity index (χ3v) is 5.16. The van der Waals surface area contributed by atoms with E-state index in [0.717, 1.165) is 24.3 Å². The van der Waals surface area contributed by atoms with Crippen LogP contribution in [0, 0.1) is 5.82 Å². The Labute approximate surface area is 200 Å². The predicted octanol–water partition coefficient (Wildman–Crippen LogP) is 2.26. The summed E-state index contributed by atoms with van der Waals surface area (Å²) in [7, 11) is 5.37. The lowest BCUT2D eigenvalue weighted by atomic mass is 9.40. The molecule has 0 radical (unpaired) electrons. The molecule has 0 bridgehead atoms. The fraction of sp³-hybridized carbons (Fsp3) is 0.143. The Hall–Kier alpha value is -3.14. The highest BCUT2D eigenvalue weighted by molar-refractivity contribution is 6.59. The molecule has 34 heavy (non-hydrogen) atoms. The monoisotopic (exact) mass is 490 g/mol. The molecular formula is C21H18B3ClF4N2O3. The molecule has 1 amide bonds. The molecular weight excluding hydrogens is 472 g/mol. The standard InChI is InChI=1S/C21H18B3ClF4N2O3/c22-20(23,24)15-8-12(26)2-4-16(15)34-17-7-11(21(27,28)29)1-3-14(17)19(33)30-13-5-6-31(10-25)18(32)9-13/h1-9H,10,22-24H2,(H,30,33). The number of hydrogen-bond donors (Lipinski definition) is 1. The smallest absolute Gasteiger partial charge is 0.416 e. The number of nitrogens with one attached hydrogen (secondary N) is 1. The molecule has 0 aliphatic heterocycles. The van der Waals surface area contributed by atoms with Crippen LogP contribution in [0.25, 0.3) is 0 Å². The lowest BCUT2D eigenvalue weighted by Crippen LogP contribution is -2.27. The highest BCUT2D eigenvalue weighted by atomic mass is 35.5. The zero-order chi connectivity index (χ0) is 25.3. The first-order valence-electron chi connectivity index (χ1n) is 10.1. The van der Waals surface area contributed by atoms with Crippen molar-refractivity contribution in [3.05, 3.63) is 87.6 Å². The SMILES string of the molecule is BC(B)(B)c1cc(F)ccc1Oc1cc(C(F)(F)F)ccc1C(=O)Nc1ccn(CCl)c(=O)c1. The van der Waals surface area contributed by atoms with Gasteiger partial charge in [0.1, 0.15) is 23.3 Å². The first-order valence-corrected chi connectivity index (χ1v) is 10.6. The Bertz CT molecular complexity index is 1290. The Kier molecular flexibility index (Phi) is 7.21. The molecule has 0 atom stereocenters. The summed E-state index contributed by atoms with van der Waals surface area (Å²) in [4.78, 5) is 24.9. The molecule has 0 aliphatic carbocycles. The highest BCUT2D eigenvalue weighted by Gasteiger charge is 2.32. The van der Waals surface area contributed by atoms with E-state index in [1.807, 2.05) is 0 Å². The maximum absolute atomic E-state index is 13.9. The number of anilines is 1. The first-order chi connectivity index (χ1) is 15.8. The van der Waals surface area contributed by atoms with Crippen LogP contribution < -0.4 is 15.6 Å². The number of rotatable bonds is 6. The predicted molar refractivity (Wildman–Crippen MR) is 130 cm³/mol. The summed E-state index contributed by atoms with van der Waals surface area (Å²) in [5.74, 6) is -1.61. The van der Waals surface area contributed by atoms with Gasteiger partial charge in [-0.25, -0.2) is 4.39 Å². The van der Waals surface area contributed by atoms with Crippen LogP contribution in [0.15, 0.2) is 59.5 Å². The second-order valence-corrected chi connectivity index (χ2v) is 8.74. The molecule has 3 aromatic rings. The molecule has 1 aromatic heterocycles. The van der Waals surface area contributed by atoms with Crippen molar-refractivity contribution in [1.29, 1.82) is 0 Å². The molecule has 1 N–H and O–H groups in total. The number of nitrogens with zero attached hydrogens (tertiary/aromatic N) is 1. The van der Waals surface area contributed by atoms with Crippen molar-refractivity contribution in [2.75, 3.05) is 5.32 Å². The minimum absolute atomic E-state index is 0.0856. The quantitative estimate of drug-likeness (QED) is 0.328. The normalized spacial score (nSPS) is 11.8. The van der Waals surface area contributed by atoms with Crippen molar-refractivity contribution >= 4 is 46.7 Å². The lowest BCUT2D eigenvalue weighted by molar-refractivity contribution is -0.137. The summed E-state index contributed by atoms with van der Waals surface area (Å²) in [6.07, 6.45) is -3.32. The van der Waals surface area contributed by atoms with Gasteiger partial charge < -0.3 is 14.6 Å². The Morgan fingerprint density at radius 1 is 1.03 bits per heavy atom. The summed E-state index contributed by atoms with van der Waals surface area (Å²) in [5.41, 5.74) is -1.18. The van der Waals surface area contributed by atoms with Crippen molar-refractivity contribution in [3.8, 4) is 11.5 Å². The number of alkyl halides is 4. The number of ether oxygens (including phenoxy) is 1. The van der Waals surface area contributed by atoms with Crippen molar-refractivity contribution in [2.45, 2.75) is 17.3 Å². The van der Waals surface area contributed by atoms with Crippen LogP contribution in [0.4, 0.5) is 23.2 Å². The van der Waals surface area contributed by atoms with Crippen LogP contribution in [0.3, 0.4) is 0 Å². The Morgan fingerprint density at radius 2 is 1.74 bits per heavy atom. The van der Waals surface area contributed by atoms with Crippen LogP contribution in [0.5, 0.6) is 11.5 Å². The maximum atomic E-state index is 13.9. The van der Waals surface area contributed by atoms with Gasteiger partial charge in [-0.05, 0) is 48.0 Å². The van der Waals surface area contributed by atoms with E-state index >= 15 is 0 Å². The molecule has 174 valence electrons. The van der Waals surface area contributed by atoms with Crippen molar-refractivity contribution in [2.24, 2.45) is 0 Å².